The lowest BCUT2D eigenvalue weighted by Crippen LogP contribution is -2.06. The van der Waals surface area contributed by atoms with E-state index in [1.807, 2.05) is 49.4 Å². The molecule has 0 spiro atoms. The molecule has 21 heavy (non-hydrogen) atoms. The van der Waals surface area contributed by atoms with Crippen LogP contribution in [-0.4, -0.2) is 14.6 Å². The van der Waals surface area contributed by atoms with Crippen molar-refractivity contribution >= 4 is 11.5 Å². The third kappa shape index (κ3) is 1.78. The third-order valence-corrected chi connectivity index (χ3v) is 3.25. The van der Waals surface area contributed by atoms with Crippen LogP contribution in [0.25, 0.3) is 16.8 Å². The van der Waals surface area contributed by atoms with Crippen LogP contribution in [0.4, 0.5) is 5.82 Å². The van der Waals surface area contributed by atoms with E-state index in [4.69, 9.17) is 11.0 Å². The summed E-state index contributed by atoms with van der Waals surface area (Å²) >= 11 is 0. The van der Waals surface area contributed by atoms with Crippen molar-refractivity contribution in [3.8, 4) is 23.3 Å². The number of nitrogen functional groups attached to an aromatic ring is 1. The SMILES string of the molecule is Cc1nn2c(C#N)c(C#N)c(N)nc2c1-c1ccccc1. The maximum absolute atomic E-state index is 9.30. The Labute approximate surface area is 120 Å². The molecular formula is C15H10N6. The Morgan fingerprint density at radius 1 is 1.14 bits per heavy atom. The predicted octanol–water partition coefficient (Wildman–Crippen LogP) is 2.03. The normalized spacial score (nSPS) is 10.2. The van der Waals surface area contributed by atoms with Gasteiger partial charge in [-0.3, -0.25) is 0 Å². The molecule has 2 heterocycles. The lowest BCUT2D eigenvalue weighted by atomic mass is 10.1. The minimum Gasteiger partial charge on any atom is -0.382 e. The van der Waals surface area contributed by atoms with Crippen LogP contribution in [0.3, 0.4) is 0 Å². The van der Waals surface area contributed by atoms with Crippen LogP contribution >= 0.6 is 0 Å². The first kappa shape index (κ1) is 12.6. The van der Waals surface area contributed by atoms with Crippen molar-refractivity contribution in [3.05, 3.63) is 47.3 Å². The Hall–Kier alpha value is -3.38. The van der Waals surface area contributed by atoms with Gasteiger partial charge in [0, 0.05) is 5.56 Å². The van der Waals surface area contributed by atoms with Gasteiger partial charge in [0.25, 0.3) is 0 Å². The summed E-state index contributed by atoms with van der Waals surface area (Å²) in [5, 5.41) is 22.8. The van der Waals surface area contributed by atoms with Crippen LogP contribution in [0.5, 0.6) is 0 Å². The molecule has 0 bridgehead atoms. The van der Waals surface area contributed by atoms with Crippen molar-refractivity contribution in [3.63, 3.8) is 0 Å². The van der Waals surface area contributed by atoms with Gasteiger partial charge in [-0.1, -0.05) is 30.3 Å². The molecule has 0 aliphatic carbocycles. The highest BCUT2D eigenvalue weighted by atomic mass is 15.3. The summed E-state index contributed by atoms with van der Waals surface area (Å²) in [4.78, 5) is 4.26. The fourth-order valence-corrected chi connectivity index (χ4v) is 2.33. The Kier molecular flexibility index (Phi) is 2.78. The highest BCUT2D eigenvalue weighted by Gasteiger charge is 2.19. The molecular weight excluding hydrogens is 264 g/mol. The largest absolute Gasteiger partial charge is 0.382 e. The number of rotatable bonds is 1. The van der Waals surface area contributed by atoms with Gasteiger partial charge in [-0.15, -0.1) is 0 Å². The summed E-state index contributed by atoms with van der Waals surface area (Å²) in [5.41, 5.74) is 8.90. The van der Waals surface area contributed by atoms with Gasteiger partial charge in [0.05, 0.1) is 5.69 Å². The fraction of sp³-hybridized carbons (Fsp3) is 0.0667. The van der Waals surface area contributed by atoms with Gasteiger partial charge in [-0.25, -0.2) is 9.50 Å². The number of nitriles is 2. The highest BCUT2D eigenvalue weighted by Crippen LogP contribution is 2.29. The minimum atomic E-state index is 0.0404. The van der Waals surface area contributed by atoms with Crippen molar-refractivity contribution in [1.82, 2.24) is 14.6 Å². The van der Waals surface area contributed by atoms with Crippen LogP contribution in [0.2, 0.25) is 0 Å². The average Bonchev–Trinajstić information content (AvgIpc) is 2.82. The molecule has 2 aromatic heterocycles. The van der Waals surface area contributed by atoms with Gasteiger partial charge < -0.3 is 5.73 Å². The number of aryl methyl sites for hydroxylation is 1. The average molecular weight is 274 g/mol. The van der Waals surface area contributed by atoms with Crippen molar-refractivity contribution in [1.29, 1.82) is 10.5 Å². The molecule has 0 radical (unpaired) electrons. The van der Waals surface area contributed by atoms with Crippen molar-refractivity contribution in [2.45, 2.75) is 6.92 Å². The number of aromatic nitrogens is 3. The topological polar surface area (TPSA) is 104 Å². The van der Waals surface area contributed by atoms with Crippen LogP contribution < -0.4 is 5.73 Å². The van der Waals surface area contributed by atoms with E-state index in [1.54, 1.807) is 0 Å². The van der Waals surface area contributed by atoms with Crippen LogP contribution in [0, 0.1) is 29.6 Å². The van der Waals surface area contributed by atoms with Crippen molar-refractivity contribution in [2.75, 3.05) is 5.73 Å². The Bertz CT molecular complexity index is 925. The highest BCUT2D eigenvalue weighted by molar-refractivity contribution is 5.81. The summed E-state index contributed by atoms with van der Waals surface area (Å²) in [6.45, 7) is 1.83. The predicted molar refractivity (Wildman–Crippen MR) is 77.0 cm³/mol. The maximum atomic E-state index is 9.30. The Morgan fingerprint density at radius 3 is 2.48 bits per heavy atom. The molecule has 6 heteroatoms. The van der Waals surface area contributed by atoms with Crippen LogP contribution in [0.15, 0.2) is 30.3 Å². The van der Waals surface area contributed by atoms with Gasteiger partial charge in [-0.2, -0.15) is 15.6 Å². The zero-order chi connectivity index (χ0) is 15.0. The molecule has 100 valence electrons. The number of fused-ring (bicyclic) bond motifs is 1. The maximum Gasteiger partial charge on any atom is 0.167 e. The van der Waals surface area contributed by atoms with Gasteiger partial charge in [0.2, 0.25) is 0 Å². The third-order valence-electron chi connectivity index (χ3n) is 3.25. The molecule has 3 rings (SSSR count). The number of nitrogens with zero attached hydrogens (tertiary/aromatic N) is 5. The van der Waals surface area contributed by atoms with Crippen molar-refractivity contribution < 1.29 is 0 Å². The first-order valence-electron chi connectivity index (χ1n) is 6.21. The first-order chi connectivity index (χ1) is 10.2. The molecule has 3 aromatic rings. The number of hydrogen-bond donors (Lipinski definition) is 1. The summed E-state index contributed by atoms with van der Waals surface area (Å²) < 4.78 is 1.38. The van der Waals surface area contributed by atoms with Gasteiger partial charge in [-0.05, 0) is 12.5 Å². The number of hydrogen-bond acceptors (Lipinski definition) is 5. The summed E-state index contributed by atoms with van der Waals surface area (Å²) in [6, 6.07) is 13.5. The molecule has 0 saturated carbocycles. The molecule has 1 aromatic carbocycles. The standard InChI is InChI=1S/C15H10N6/c1-9-13(10-5-3-2-4-6-10)15-19-14(18)11(7-16)12(8-17)21(15)20-9/h2-6H,1H3,(H2,18,19). The monoisotopic (exact) mass is 274 g/mol. The van der Waals surface area contributed by atoms with E-state index < -0.39 is 0 Å². The molecule has 2 N–H and O–H groups in total. The van der Waals surface area contributed by atoms with E-state index >= 15 is 0 Å². The second-order valence-corrected chi connectivity index (χ2v) is 4.51. The zero-order valence-corrected chi connectivity index (χ0v) is 11.2. The summed E-state index contributed by atoms with van der Waals surface area (Å²) in [5.74, 6) is 0.0404. The molecule has 0 aliphatic heterocycles. The molecule has 0 atom stereocenters. The molecule has 0 unspecified atom stereocenters. The first-order valence-corrected chi connectivity index (χ1v) is 6.21. The second-order valence-electron chi connectivity index (χ2n) is 4.51. The summed E-state index contributed by atoms with van der Waals surface area (Å²) in [6.07, 6.45) is 0. The molecule has 6 nitrogen and oxygen atoms in total. The van der Waals surface area contributed by atoms with E-state index in [2.05, 4.69) is 10.1 Å². The van der Waals surface area contributed by atoms with Gasteiger partial charge in [0.15, 0.2) is 11.3 Å². The van der Waals surface area contributed by atoms with Crippen LogP contribution in [0.1, 0.15) is 17.0 Å². The van der Waals surface area contributed by atoms with Gasteiger partial charge in [0.1, 0.15) is 23.5 Å². The number of benzene rings is 1. The molecule has 0 aliphatic rings. The fourth-order valence-electron chi connectivity index (χ4n) is 2.33. The second kappa shape index (κ2) is 4.62. The minimum absolute atomic E-state index is 0.0404. The van der Waals surface area contributed by atoms with E-state index in [1.165, 1.54) is 4.52 Å². The van der Waals surface area contributed by atoms with Gasteiger partial charge >= 0.3 is 0 Å². The quantitative estimate of drug-likeness (QED) is 0.731. The Morgan fingerprint density at radius 2 is 1.86 bits per heavy atom. The lowest BCUT2D eigenvalue weighted by molar-refractivity contribution is 0.898. The zero-order valence-electron chi connectivity index (χ0n) is 11.2. The van der Waals surface area contributed by atoms with E-state index in [9.17, 15) is 5.26 Å². The number of anilines is 1. The molecule has 0 amide bonds. The molecule has 0 fully saturated rings. The number of nitrogens with two attached hydrogens (primary N) is 1. The van der Waals surface area contributed by atoms with E-state index in [-0.39, 0.29) is 17.1 Å². The van der Waals surface area contributed by atoms with Crippen molar-refractivity contribution in [2.24, 2.45) is 0 Å². The molecule has 0 saturated heterocycles. The smallest absolute Gasteiger partial charge is 0.167 e. The summed E-state index contributed by atoms with van der Waals surface area (Å²) in [7, 11) is 0. The Balaban J connectivity index is 2.46. The van der Waals surface area contributed by atoms with E-state index in [0.29, 0.717) is 5.65 Å². The van der Waals surface area contributed by atoms with E-state index in [0.717, 1.165) is 16.8 Å². The van der Waals surface area contributed by atoms with Crippen LogP contribution in [-0.2, 0) is 0 Å². The lowest BCUT2D eigenvalue weighted by Gasteiger charge is -2.04.